The van der Waals surface area contributed by atoms with Gasteiger partial charge in [0.15, 0.2) is 0 Å². The summed E-state index contributed by atoms with van der Waals surface area (Å²) in [7, 11) is 2.06. The lowest BCUT2D eigenvalue weighted by Gasteiger charge is -2.38. The predicted molar refractivity (Wildman–Crippen MR) is 80.1 cm³/mol. The van der Waals surface area contributed by atoms with E-state index in [0.717, 1.165) is 19.6 Å². The van der Waals surface area contributed by atoms with Gasteiger partial charge in [-0.15, -0.1) is 0 Å². The summed E-state index contributed by atoms with van der Waals surface area (Å²) in [4.78, 5) is 15.1. The molecule has 1 heterocycles. The molecule has 0 saturated carbocycles. The van der Waals surface area contributed by atoms with Gasteiger partial charge in [-0.25, -0.2) is 0 Å². The van der Waals surface area contributed by atoms with Crippen molar-refractivity contribution in [2.75, 3.05) is 31.6 Å². The third-order valence-electron chi connectivity index (χ3n) is 3.51. The van der Waals surface area contributed by atoms with Crippen LogP contribution in [0.5, 0.6) is 0 Å². The van der Waals surface area contributed by atoms with E-state index in [1.165, 1.54) is 6.07 Å². The largest absolute Gasteiger partial charge is 0.363 e. The molecule has 1 fully saturated rings. The zero-order chi connectivity index (χ0) is 14.2. The lowest BCUT2D eigenvalue weighted by molar-refractivity contribution is -0.384. The lowest BCUT2D eigenvalue weighted by Crippen LogP contribution is -2.50. The first-order valence-electron chi connectivity index (χ1n) is 5.98. The summed E-state index contributed by atoms with van der Waals surface area (Å²) in [5, 5.41) is 11.7. The highest BCUT2D eigenvalue weighted by Gasteiger charge is 2.27. The molecule has 1 atom stereocenters. The zero-order valence-corrected chi connectivity index (χ0v) is 13.1. The Kier molecular flexibility index (Phi) is 4.32. The molecule has 1 saturated heterocycles. The fourth-order valence-corrected chi connectivity index (χ4v) is 2.68. The highest BCUT2D eigenvalue weighted by atomic mass is 79.9. The third kappa shape index (κ3) is 3.01. The minimum Gasteiger partial charge on any atom is -0.363 e. The number of piperazine rings is 1. The van der Waals surface area contributed by atoms with Gasteiger partial charge >= 0.3 is 0 Å². The monoisotopic (exact) mass is 347 g/mol. The molecule has 1 unspecified atom stereocenters. The summed E-state index contributed by atoms with van der Waals surface area (Å²) in [5.41, 5.74) is 0.686. The van der Waals surface area contributed by atoms with Crippen LogP contribution in [0.25, 0.3) is 0 Å². The van der Waals surface area contributed by atoms with Gasteiger partial charge in [-0.05, 0) is 36.0 Å². The Hall–Kier alpha value is -0.850. The van der Waals surface area contributed by atoms with Crippen LogP contribution < -0.4 is 4.90 Å². The first-order chi connectivity index (χ1) is 8.90. The van der Waals surface area contributed by atoms with E-state index < -0.39 is 0 Å². The molecule has 19 heavy (non-hydrogen) atoms. The SMILES string of the molecule is CC1CN(c2cc(Cl)c(Br)cc2[N+](=O)[O-])CCN1C. The van der Waals surface area contributed by atoms with E-state index in [-0.39, 0.29) is 10.6 Å². The molecule has 1 aliphatic rings. The van der Waals surface area contributed by atoms with Gasteiger partial charge in [-0.1, -0.05) is 11.6 Å². The predicted octanol–water partition coefficient (Wildman–Crippen LogP) is 3.15. The molecule has 0 N–H and O–H groups in total. The molecule has 5 nitrogen and oxygen atoms in total. The van der Waals surface area contributed by atoms with Gasteiger partial charge in [0.2, 0.25) is 0 Å². The maximum Gasteiger partial charge on any atom is 0.293 e. The quantitative estimate of drug-likeness (QED) is 0.608. The average molecular weight is 349 g/mol. The molecule has 0 bridgehead atoms. The number of likely N-dealkylation sites (N-methyl/N-ethyl adjacent to an activating group) is 1. The minimum absolute atomic E-state index is 0.0908. The molecule has 0 aromatic heterocycles. The lowest BCUT2D eigenvalue weighted by atomic mass is 10.1. The van der Waals surface area contributed by atoms with E-state index in [1.807, 2.05) is 4.90 Å². The van der Waals surface area contributed by atoms with Crippen LogP contribution in [0.15, 0.2) is 16.6 Å². The highest BCUT2D eigenvalue weighted by molar-refractivity contribution is 9.10. The number of hydrogen-bond donors (Lipinski definition) is 0. The van der Waals surface area contributed by atoms with E-state index >= 15 is 0 Å². The van der Waals surface area contributed by atoms with E-state index in [1.54, 1.807) is 6.07 Å². The summed E-state index contributed by atoms with van der Waals surface area (Å²) >= 11 is 9.30. The van der Waals surface area contributed by atoms with Gasteiger partial charge in [0.05, 0.1) is 9.95 Å². The Morgan fingerprint density at radius 3 is 2.74 bits per heavy atom. The van der Waals surface area contributed by atoms with Crippen molar-refractivity contribution in [3.8, 4) is 0 Å². The first-order valence-corrected chi connectivity index (χ1v) is 7.16. The number of benzene rings is 1. The van der Waals surface area contributed by atoms with Crippen molar-refractivity contribution in [1.29, 1.82) is 0 Å². The van der Waals surface area contributed by atoms with Crippen LogP contribution in [-0.4, -0.2) is 42.5 Å². The van der Waals surface area contributed by atoms with Crippen LogP contribution in [0.4, 0.5) is 11.4 Å². The van der Waals surface area contributed by atoms with Gasteiger partial charge < -0.3 is 9.80 Å². The molecule has 0 spiro atoms. The Bertz CT molecular complexity index is 512. The fourth-order valence-electron chi connectivity index (χ4n) is 2.19. The molecule has 1 aliphatic heterocycles. The summed E-state index contributed by atoms with van der Waals surface area (Å²) in [6.45, 7) is 4.51. The van der Waals surface area contributed by atoms with Crippen molar-refractivity contribution in [3.05, 3.63) is 31.7 Å². The number of anilines is 1. The summed E-state index contributed by atoms with van der Waals surface area (Å²) in [6, 6.07) is 3.50. The Labute approximate surface area is 125 Å². The molecule has 0 aliphatic carbocycles. The molecule has 7 heteroatoms. The topological polar surface area (TPSA) is 49.6 Å². The van der Waals surface area contributed by atoms with E-state index in [2.05, 4.69) is 34.8 Å². The van der Waals surface area contributed by atoms with Crippen LogP contribution in [-0.2, 0) is 0 Å². The van der Waals surface area contributed by atoms with E-state index in [4.69, 9.17) is 11.6 Å². The summed E-state index contributed by atoms with van der Waals surface area (Å²) in [5.74, 6) is 0. The summed E-state index contributed by atoms with van der Waals surface area (Å²) < 4.78 is 0.548. The highest BCUT2D eigenvalue weighted by Crippen LogP contribution is 2.37. The first kappa shape index (κ1) is 14.6. The minimum atomic E-state index is -0.362. The van der Waals surface area contributed by atoms with Crippen LogP contribution in [0, 0.1) is 10.1 Å². The van der Waals surface area contributed by atoms with Crippen molar-refractivity contribution >= 4 is 38.9 Å². The second-order valence-corrected chi connectivity index (χ2v) is 6.05. The maximum atomic E-state index is 11.2. The number of rotatable bonds is 2. The van der Waals surface area contributed by atoms with Crippen LogP contribution in [0.1, 0.15) is 6.92 Å². The molecule has 0 radical (unpaired) electrons. The number of nitro benzene ring substituents is 1. The van der Waals surface area contributed by atoms with Crippen molar-refractivity contribution in [2.45, 2.75) is 13.0 Å². The molecule has 1 aromatic carbocycles. The normalized spacial score (nSPS) is 20.6. The smallest absolute Gasteiger partial charge is 0.293 e. The Morgan fingerprint density at radius 1 is 1.47 bits per heavy atom. The zero-order valence-electron chi connectivity index (χ0n) is 10.8. The van der Waals surface area contributed by atoms with Gasteiger partial charge in [0.25, 0.3) is 5.69 Å². The van der Waals surface area contributed by atoms with Crippen molar-refractivity contribution in [3.63, 3.8) is 0 Å². The number of halogens is 2. The average Bonchev–Trinajstić information content (AvgIpc) is 2.35. The Morgan fingerprint density at radius 2 is 2.16 bits per heavy atom. The van der Waals surface area contributed by atoms with Crippen molar-refractivity contribution in [1.82, 2.24) is 4.90 Å². The van der Waals surface area contributed by atoms with Crippen LogP contribution >= 0.6 is 27.5 Å². The Balaban J connectivity index is 2.38. The van der Waals surface area contributed by atoms with Gasteiger partial charge in [0, 0.05) is 36.2 Å². The van der Waals surface area contributed by atoms with Crippen molar-refractivity contribution < 1.29 is 4.92 Å². The van der Waals surface area contributed by atoms with Gasteiger partial charge in [0.1, 0.15) is 5.69 Å². The molecular weight excluding hydrogens is 334 g/mol. The molecule has 0 amide bonds. The standard InChI is InChI=1S/C12H15BrClN3O2/c1-8-7-16(4-3-15(8)2)11-6-10(14)9(13)5-12(11)17(18)19/h5-6,8H,3-4,7H2,1-2H3. The third-order valence-corrected chi connectivity index (χ3v) is 4.71. The fraction of sp³-hybridized carbons (Fsp3) is 0.500. The maximum absolute atomic E-state index is 11.2. The summed E-state index contributed by atoms with van der Waals surface area (Å²) in [6.07, 6.45) is 0. The van der Waals surface area contributed by atoms with Crippen LogP contribution in [0.2, 0.25) is 5.02 Å². The van der Waals surface area contributed by atoms with Gasteiger partial charge in [-0.3, -0.25) is 10.1 Å². The van der Waals surface area contributed by atoms with E-state index in [9.17, 15) is 10.1 Å². The molecule has 1 aromatic rings. The number of nitrogens with zero attached hydrogens (tertiary/aromatic N) is 3. The number of nitro groups is 1. The number of hydrogen-bond acceptors (Lipinski definition) is 4. The molecular formula is C12H15BrClN3O2. The van der Waals surface area contributed by atoms with E-state index in [0.29, 0.717) is 21.2 Å². The van der Waals surface area contributed by atoms with Gasteiger partial charge in [-0.2, -0.15) is 0 Å². The second kappa shape index (κ2) is 5.64. The van der Waals surface area contributed by atoms with Crippen molar-refractivity contribution in [2.24, 2.45) is 0 Å². The molecule has 104 valence electrons. The molecule has 2 rings (SSSR count). The van der Waals surface area contributed by atoms with Crippen LogP contribution in [0.3, 0.4) is 0 Å². The second-order valence-electron chi connectivity index (χ2n) is 4.79.